The fourth-order valence-corrected chi connectivity index (χ4v) is 1.62. The molecule has 0 radical (unpaired) electrons. The third kappa shape index (κ3) is 3.35. The number of allylic oxidation sites excluding steroid dienone is 1. The van der Waals surface area contributed by atoms with Gasteiger partial charge in [0.1, 0.15) is 5.82 Å². The molecular formula is C15H10FNO3. The highest BCUT2D eigenvalue weighted by Crippen LogP contribution is 2.14. The van der Waals surface area contributed by atoms with Crippen molar-refractivity contribution in [2.45, 2.75) is 0 Å². The Morgan fingerprint density at radius 1 is 1.15 bits per heavy atom. The molecule has 2 rings (SSSR count). The molecule has 0 saturated carbocycles. The molecule has 0 aromatic heterocycles. The van der Waals surface area contributed by atoms with Crippen LogP contribution in [0.25, 0.3) is 6.08 Å². The Bertz CT molecular complexity index is 678. The molecule has 0 amide bonds. The first kappa shape index (κ1) is 13.6. The number of hydrogen-bond donors (Lipinski definition) is 0. The van der Waals surface area contributed by atoms with Crippen LogP contribution in [-0.4, -0.2) is 10.7 Å². The number of ketones is 1. The lowest BCUT2D eigenvalue weighted by molar-refractivity contribution is -0.384. The zero-order chi connectivity index (χ0) is 14.5. The number of non-ortho nitro benzene ring substituents is 1. The Kier molecular flexibility index (Phi) is 4.00. The number of carbonyl (C=O) groups is 1. The second-order valence-corrected chi connectivity index (χ2v) is 4.06. The van der Waals surface area contributed by atoms with Gasteiger partial charge in [0.05, 0.1) is 4.92 Å². The smallest absolute Gasteiger partial charge is 0.270 e. The summed E-state index contributed by atoms with van der Waals surface area (Å²) in [6.45, 7) is 0. The number of hydrogen-bond acceptors (Lipinski definition) is 3. The van der Waals surface area contributed by atoms with E-state index < -0.39 is 10.7 Å². The minimum atomic E-state index is -0.501. The first-order valence-electron chi connectivity index (χ1n) is 5.79. The SMILES string of the molecule is O=C(/C=C/c1cccc([N+](=O)[O-])c1)c1ccc(F)cc1. The monoisotopic (exact) mass is 271 g/mol. The molecular weight excluding hydrogens is 261 g/mol. The Balaban J connectivity index is 2.16. The molecule has 0 heterocycles. The van der Waals surface area contributed by atoms with Crippen LogP contribution in [0.2, 0.25) is 0 Å². The van der Waals surface area contributed by atoms with Crippen LogP contribution >= 0.6 is 0 Å². The molecule has 2 aromatic rings. The molecule has 0 aliphatic rings. The maximum Gasteiger partial charge on any atom is 0.270 e. The second kappa shape index (κ2) is 5.88. The van der Waals surface area contributed by atoms with Crippen molar-refractivity contribution in [3.63, 3.8) is 0 Å². The van der Waals surface area contributed by atoms with Crippen molar-refractivity contribution in [3.8, 4) is 0 Å². The Hall–Kier alpha value is -2.82. The van der Waals surface area contributed by atoms with Crippen molar-refractivity contribution in [2.24, 2.45) is 0 Å². The van der Waals surface area contributed by atoms with E-state index in [0.717, 1.165) is 0 Å². The number of rotatable bonds is 4. The van der Waals surface area contributed by atoms with E-state index in [-0.39, 0.29) is 11.5 Å². The highest BCUT2D eigenvalue weighted by Gasteiger charge is 2.05. The molecule has 5 heteroatoms. The summed E-state index contributed by atoms with van der Waals surface area (Å²) in [6.07, 6.45) is 2.78. The lowest BCUT2D eigenvalue weighted by Gasteiger charge is -1.96. The van der Waals surface area contributed by atoms with Crippen molar-refractivity contribution in [1.29, 1.82) is 0 Å². The molecule has 4 nitrogen and oxygen atoms in total. The normalized spacial score (nSPS) is 10.7. The number of benzene rings is 2. The summed E-state index contributed by atoms with van der Waals surface area (Å²) in [6, 6.07) is 11.1. The number of nitro benzene ring substituents is 1. The van der Waals surface area contributed by atoms with Gasteiger partial charge >= 0.3 is 0 Å². The van der Waals surface area contributed by atoms with Crippen LogP contribution in [0, 0.1) is 15.9 Å². The van der Waals surface area contributed by atoms with Gasteiger partial charge in [-0.1, -0.05) is 18.2 Å². The van der Waals surface area contributed by atoms with Crippen molar-refractivity contribution in [2.75, 3.05) is 0 Å². The quantitative estimate of drug-likeness (QED) is 0.369. The maximum atomic E-state index is 12.7. The first-order valence-corrected chi connectivity index (χ1v) is 5.79. The summed E-state index contributed by atoms with van der Waals surface area (Å²) >= 11 is 0. The predicted molar refractivity (Wildman–Crippen MR) is 72.9 cm³/mol. The summed E-state index contributed by atoms with van der Waals surface area (Å²) < 4.78 is 12.7. The van der Waals surface area contributed by atoms with E-state index in [2.05, 4.69) is 0 Å². The van der Waals surface area contributed by atoms with E-state index in [1.165, 1.54) is 48.6 Å². The van der Waals surface area contributed by atoms with Crippen LogP contribution in [0.3, 0.4) is 0 Å². The average Bonchev–Trinajstić information content (AvgIpc) is 2.46. The maximum absolute atomic E-state index is 12.7. The lowest BCUT2D eigenvalue weighted by atomic mass is 10.1. The topological polar surface area (TPSA) is 60.2 Å². The first-order chi connectivity index (χ1) is 9.56. The van der Waals surface area contributed by atoms with Gasteiger partial charge in [-0.3, -0.25) is 14.9 Å². The van der Waals surface area contributed by atoms with Crippen molar-refractivity contribution < 1.29 is 14.1 Å². The van der Waals surface area contributed by atoms with Gasteiger partial charge in [0, 0.05) is 17.7 Å². The fraction of sp³-hybridized carbons (Fsp3) is 0. The van der Waals surface area contributed by atoms with Gasteiger partial charge in [-0.25, -0.2) is 4.39 Å². The zero-order valence-electron chi connectivity index (χ0n) is 10.3. The van der Waals surface area contributed by atoms with Crippen LogP contribution in [0.5, 0.6) is 0 Å². The van der Waals surface area contributed by atoms with Crippen LogP contribution in [-0.2, 0) is 0 Å². The van der Waals surface area contributed by atoms with Crippen molar-refractivity contribution >= 4 is 17.5 Å². The third-order valence-electron chi connectivity index (χ3n) is 2.64. The van der Waals surface area contributed by atoms with Gasteiger partial charge in [-0.2, -0.15) is 0 Å². The number of carbonyl (C=O) groups excluding carboxylic acids is 1. The Morgan fingerprint density at radius 3 is 2.50 bits per heavy atom. The Morgan fingerprint density at radius 2 is 1.85 bits per heavy atom. The number of nitrogens with zero attached hydrogens (tertiary/aromatic N) is 1. The molecule has 20 heavy (non-hydrogen) atoms. The molecule has 0 unspecified atom stereocenters. The largest absolute Gasteiger partial charge is 0.289 e. The van der Waals surface area contributed by atoms with E-state index in [0.29, 0.717) is 11.1 Å². The van der Waals surface area contributed by atoms with Gasteiger partial charge in [0.25, 0.3) is 5.69 Å². The van der Waals surface area contributed by atoms with E-state index in [4.69, 9.17) is 0 Å². The summed E-state index contributed by atoms with van der Waals surface area (Å²) in [5.41, 5.74) is 0.865. The molecule has 0 fully saturated rings. The minimum Gasteiger partial charge on any atom is -0.289 e. The number of halogens is 1. The summed E-state index contributed by atoms with van der Waals surface area (Å²) in [4.78, 5) is 21.9. The van der Waals surface area contributed by atoms with Crippen LogP contribution in [0.4, 0.5) is 10.1 Å². The average molecular weight is 271 g/mol. The van der Waals surface area contributed by atoms with E-state index in [9.17, 15) is 19.3 Å². The van der Waals surface area contributed by atoms with Gasteiger partial charge < -0.3 is 0 Å². The van der Waals surface area contributed by atoms with Crippen LogP contribution in [0.1, 0.15) is 15.9 Å². The fourth-order valence-electron chi connectivity index (χ4n) is 1.62. The Labute approximate surface area is 114 Å². The lowest BCUT2D eigenvalue weighted by Crippen LogP contribution is -1.94. The van der Waals surface area contributed by atoms with Crippen LogP contribution < -0.4 is 0 Å². The van der Waals surface area contributed by atoms with Gasteiger partial charge in [0.2, 0.25) is 0 Å². The standard InChI is InChI=1S/C15H10FNO3/c16-13-7-5-12(6-8-13)15(18)9-4-11-2-1-3-14(10-11)17(19)20/h1-10H/b9-4+. The van der Waals surface area contributed by atoms with Gasteiger partial charge in [-0.15, -0.1) is 0 Å². The highest BCUT2D eigenvalue weighted by atomic mass is 19.1. The molecule has 0 aliphatic carbocycles. The number of nitro groups is 1. The zero-order valence-corrected chi connectivity index (χ0v) is 10.3. The molecule has 0 atom stereocenters. The van der Waals surface area contributed by atoms with E-state index >= 15 is 0 Å². The van der Waals surface area contributed by atoms with Crippen LogP contribution in [0.15, 0.2) is 54.6 Å². The van der Waals surface area contributed by atoms with E-state index in [1.54, 1.807) is 12.1 Å². The molecule has 0 N–H and O–H groups in total. The minimum absolute atomic E-state index is 0.0404. The molecule has 0 spiro atoms. The third-order valence-corrected chi connectivity index (χ3v) is 2.64. The van der Waals surface area contributed by atoms with Gasteiger partial charge in [-0.05, 0) is 35.9 Å². The molecule has 0 aliphatic heterocycles. The van der Waals surface area contributed by atoms with Crippen molar-refractivity contribution in [3.05, 3.63) is 81.7 Å². The second-order valence-electron chi connectivity index (χ2n) is 4.06. The van der Waals surface area contributed by atoms with E-state index in [1.807, 2.05) is 0 Å². The molecule has 2 aromatic carbocycles. The molecule has 0 bridgehead atoms. The summed E-state index contributed by atoms with van der Waals surface area (Å²) in [7, 11) is 0. The summed E-state index contributed by atoms with van der Waals surface area (Å²) in [5, 5.41) is 10.6. The van der Waals surface area contributed by atoms with Gasteiger partial charge in [0.15, 0.2) is 5.78 Å². The van der Waals surface area contributed by atoms with Crippen molar-refractivity contribution in [1.82, 2.24) is 0 Å². The molecule has 100 valence electrons. The highest BCUT2D eigenvalue weighted by molar-refractivity contribution is 6.06. The summed E-state index contributed by atoms with van der Waals surface area (Å²) in [5.74, 6) is -0.708. The predicted octanol–water partition coefficient (Wildman–Crippen LogP) is 3.63. The molecule has 0 saturated heterocycles.